The monoisotopic (exact) mass is 440 g/mol. The molecule has 5 nitrogen and oxygen atoms in total. The number of halogens is 1. The second-order valence-corrected chi connectivity index (χ2v) is 7.32. The molecule has 2 N–H and O–H groups in total. The molecule has 1 unspecified atom stereocenters. The van der Waals surface area contributed by atoms with E-state index in [-0.39, 0.29) is 23.6 Å². The molecule has 0 fully saturated rings. The smallest absolute Gasteiger partial charge is 0.291 e. The van der Waals surface area contributed by atoms with Gasteiger partial charge in [0.15, 0.2) is 10.4 Å². The van der Waals surface area contributed by atoms with Crippen molar-refractivity contribution in [3.8, 4) is 0 Å². The van der Waals surface area contributed by atoms with Gasteiger partial charge in [0.2, 0.25) is 0 Å². The molecule has 1 heterocycles. The van der Waals surface area contributed by atoms with Crippen LogP contribution < -0.4 is 10.6 Å². The molecule has 1 atom stereocenters. The zero-order chi connectivity index (χ0) is 19.9. The van der Waals surface area contributed by atoms with Crippen LogP contribution in [0.5, 0.6) is 0 Å². The SMILES string of the molecule is CC(CCc1ccccc1)NC(=O)c1cccc(NC(=O)c2ccc(Br)o2)c1. The third kappa shape index (κ3) is 5.57. The van der Waals surface area contributed by atoms with E-state index in [1.165, 1.54) is 5.56 Å². The van der Waals surface area contributed by atoms with Gasteiger partial charge in [-0.3, -0.25) is 9.59 Å². The molecular weight excluding hydrogens is 420 g/mol. The molecular formula is C22H21BrN2O3. The van der Waals surface area contributed by atoms with Crippen molar-refractivity contribution in [1.82, 2.24) is 5.32 Å². The molecule has 0 aliphatic rings. The average molecular weight is 441 g/mol. The number of hydrogen-bond donors (Lipinski definition) is 2. The van der Waals surface area contributed by atoms with Crippen molar-refractivity contribution < 1.29 is 14.0 Å². The number of anilines is 1. The van der Waals surface area contributed by atoms with Gasteiger partial charge < -0.3 is 15.1 Å². The molecule has 3 aromatic rings. The van der Waals surface area contributed by atoms with E-state index in [0.29, 0.717) is 15.9 Å². The van der Waals surface area contributed by atoms with Crippen LogP contribution in [0, 0.1) is 0 Å². The molecule has 0 saturated heterocycles. The highest BCUT2D eigenvalue weighted by Gasteiger charge is 2.13. The number of amides is 2. The van der Waals surface area contributed by atoms with Crippen LogP contribution in [0.3, 0.4) is 0 Å². The summed E-state index contributed by atoms with van der Waals surface area (Å²) in [5, 5.41) is 5.74. The Labute approximate surface area is 172 Å². The highest BCUT2D eigenvalue weighted by Crippen LogP contribution is 2.17. The second kappa shape index (κ2) is 9.37. The number of benzene rings is 2. The average Bonchev–Trinajstić information content (AvgIpc) is 3.14. The predicted molar refractivity (Wildman–Crippen MR) is 112 cm³/mol. The molecule has 1 aromatic heterocycles. The summed E-state index contributed by atoms with van der Waals surface area (Å²) < 4.78 is 5.72. The Hall–Kier alpha value is -2.86. The van der Waals surface area contributed by atoms with Crippen LogP contribution >= 0.6 is 15.9 Å². The van der Waals surface area contributed by atoms with Crippen LogP contribution in [-0.2, 0) is 6.42 Å². The predicted octanol–water partition coefficient (Wildman–Crippen LogP) is 5.05. The lowest BCUT2D eigenvalue weighted by atomic mass is 10.1. The van der Waals surface area contributed by atoms with E-state index >= 15 is 0 Å². The van der Waals surface area contributed by atoms with Crippen LogP contribution in [0.4, 0.5) is 5.69 Å². The Morgan fingerprint density at radius 3 is 2.50 bits per heavy atom. The van der Waals surface area contributed by atoms with Gasteiger partial charge in [-0.25, -0.2) is 0 Å². The Morgan fingerprint density at radius 1 is 1.00 bits per heavy atom. The molecule has 2 aromatic carbocycles. The summed E-state index contributed by atoms with van der Waals surface area (Å²) in [6.45, 7) is 1.99. The third-order valence-electron chi connectivity index (χ3n) is 4.27. The molecule has 0 aliphatic heterocycles. The van der Waals surface area contributed by atoms with Crippen molar-refractivity contribution in [1.29, 1.82) is 0 Å². The highest BCUT2D eigenvalue weighted by molar-refractivity contribution is 9.10. The Balaban J connectivity index is 1.56. The van der Waals surface area contributed by atoms with Gasteiger partial charge in [0.25, 0.3) is 11.8 Å². The summed E-state index contributed by atoms with van der Waals surface area (Å²) in [5.74, 6) is -0.354. The van der Waals surface area contributed by atoms with Gasteiger partial charge in [0.05, 0.1) is 0 Å². The zero-order valence-electron chi connectivity index (χ0n) is 15.4. The van der Waals surface area contributed by atoms with Crippen LogP contribution in [0.15, 0.2) is 75.8 Å². The molecule has 0 spiro atoms. The van der Waals surface area contributed by atoms with Gasteiger partial charge in [-0.1, -0.05) is 36.4 Å². The topological polar surface area (TPSA) is 71.3 Å². The van der Waals surface area contributed by atoms with Gasteiger partial charge in [-0.05, 0) is 71.6 Å². The van der Waals surface area contributed by atoms with Crippen LogP contribution in [0.2, 0.25) is 0 Å². The first-order chi connectivity index (χ1) is 13.5. The number of carbonyl (C=O) groups excluding carboxylic acids is 2. The highest BCUT2D eigenvalue weighted by atomic mass is 79.9. The van der Waals surface area contributed by atoms with Gasteiger partial charge in [-0.2, -0.15) is 0 Å². The number of hydrogen-bond acceptors (Lipinski definition) is 3. The van der Waals surface area contributed by atoms with Gasteiger partial charge >= 0.3 is 0 Å². The molecule has 0 aliphatic carbocycles. The summed E-state index contributed by atoms with van der Waals surface area (Å²) >= 11 is 3.17. The third-order valence-corrected chi connectivity index (χ3v) is 4.69. The molecule has 2 amide bonds. The van der Waals surface area contributed by atoms with E-state index < -0.39 is 0 Å². The summed E-state index contributed by atoms with van der Waals surface area (Å²) in [4.78, 5) is 24.7. The molecule has 3 rings (SSSR count). The van der Waals surface area contributed by atoms with E-state index in [0.717, 1.165) is 12.8 Å². The van der Waals surface area contributed by atoms with Gasteiger partial charge in [0.1, 0.15) is 0 Å². The second-order valence-electron chi connectivity index (χ2n) is 6.54. The molecule has 28 heavy (non-hydrogen) atoms. The lowest BCUT2D eigenvalue weighted by Gasteiger charge is -2.14. The van der Waals surface area contributed by atoms with Crippen LogP contribution in [0.1, 0.15) is 39.8 Å². The lowest BCUT2D eigenvalue weighted by Crippen LogP contribution is -2.32. The maximum atomic E-state index is 12.5. The van der Waals surface area contributed by atoms with Crippen LogP contribution in [-0.4, -0.2) is 17.9 Å². The van der Waals surface area contributed by atoms with Crippen molar-refractivity contribution in [2.45, 2.75) is 25.8 Å². The summed E-state index contributed by atoms with van der Waals surface area (Å²) in [5.41, 5.74) is 2.27. The molecule has 0 bridgehead atoms. The lowest BCUT2D eigenvalue weighted by molar-refractivity contribution is 0.0936. The van der Waals surface area contributed by atoms with Crippen molar-refractivity contribution in [3.63, 3.8) is 0 Å². The standard InChI is InChI=1S/C22H21BrN2O3/c1-15(10-11-16-6-3-2-4-7-16)24-21(26)17-8-5-9-18(14-17)25-22(27)19-12-13-20(23)28-19/h2-9,12-15H,10-11H2,1H3,(H,24,26)(H,25,27). The first kappa shape index (κ1) is 19.9. The summed E-state index contributed by atoms with van der Waals surface area (Å²) in [7, 11) is 0. The molecule has 144 valence electrons. The van der Waals surface area contributed by atoms with Crippen molar-refractivity contribution in [2.24, 2.45) is 0 Å². The normalized spacial score (nSPS) is 11.6. The number of carbonyl (C=O) groups is 2. The summed E-state index contributed by atoms with van der Waals surface area (Å²) in [6, 6.07) is 20.3. The van der Waals surface area contributed by atoms with E-state index in [9.17, 15) is 9.59 Å². The molecule has 6 heteroatoms. The van der Waals surface area contributed by atoms with Gasteiger partial charge in [-0.15, -0.1) is 0 Å². The first-order valence-electron chi connectivity index (χ1n) is 9.03. The van der Waals surface area contributed by atoms with E-state index in [2.05, 4.69) is 38.7 Å². The van der Waals surface area contributed by atoms with Crippen molar-refractivity contribution >= 4 is 33.4 Å². The maximum absolute atomic E-state index is 12.5. The minimum atomic E-state index is -0.375. The fraction of sp³-hybridized carbons (Fsp3) is 0.182. The minimum absolute atomic E-state index is 0.0337. The minimum Gasteiger partial charge on any atom is -0.444 e. The zero-order valence-corrected chi connectivity index (χ0v) is 17.0. The molecule has 0 radical (unpaired) electrons. The Kier molecular flexibility index (Phi) is 6.66. The molecule has 0 saturated carbocycles. The van der Waals surface area contributed by atoms with E-state index in [4.69, 9.17) is 4.42 Å². The van der Waals surface area contributed by atoms with Crippen LogP contribution in [0.25, 0.3) is 0 Å². The number of rotatable bonds is 7. The van der Waals surface area contributed by atoms with E-state index in [1.54, 1.807) is 36.4 Å². The summed E-state index contributed by atoms with van der Waals surface area (Å²) in [6.07, 6.45) is 1.75. The van der Waals surface area contributed by atoms with E-state index in [1.807, 2.05) is 25.1 Å². The number of furan rings is 1. The van der Waals surface area contributed by atoms with Gasteiger partial charge in [0, 0.05) is 17.3 Å². The fourth-order valence-electron chi connectivity index (χ4n) is 2.77. The maximum Gasteiger partial charge on any atom is 0.291 e. The number of aryl methyl sites for hydroxylation is 1. The van der Waals surface area contributed by atoms with Crippen molar-refractivity contribution in [2.75, 3.05) is 5.32 Å². The fourth-order valence-corrected chi connectivity index (χ4v) is 3.08. The quantitative estimate of drug-likeness (QED) is 0.539. The number of nitrogens with one attached hydrogen (secondary N) is 2. The Bertz CT molecular complexity index is 953. The van der Waals surface area contributed by atoms with Crippen molar-refractivity contribution in [3.05, 3.63) is 88.3 Å². The Morgan fingerprint density at radius 2 is 1.79 bits per heavy atom. The first-order valence-corrected chi connectivity index (χ1v) is 9.82. The largest absolute Gasteiger partial charge is 0.444 e.